The van der Waals surface area contributed by atoms with E-state index in [1.165, 1.54) is 0 Å². The van der Waals surface area contributed by atoms with Crippen molar-refractivity contribution in [3.05, 3.63) is 59.2 Å². The Morgan fingerprint density at radius 3 is 2.52 bits per heavy atom. The first-order chi connectivity index (χ1) is 10.3. The Morgan fingerprint density at radius 1 is 1.00 bits per heavy atom. The molecule has 2 heterocycles. The van der Waals surface area contributed by atoms with Crippen molar-refractivity contribution >= 4 is 21.7 Å². The molecule has 5 nitrogen and oxygen atoms in total. The van der Waals surface area contributed by atoms with E-state index in [0.29, 0.717) is 17.3 Å². The minimum absolute atomic E-state index is 0.511. The molecule has 104 valence electrons. The number of benzene rings is 1. The second-order valence-electron chi connectivity index (χ2n) is 4.31. The monoisotopic (exact) mass is 341 g/mol. The molecule has 0 atom stereocenters. The summed E-state index contributed by atoms with van der Waals surface area (Å²) in [7, 11) is 0. The molecule has 0 amide bonds. The van der Waals surface area contributed by atoms with Gasteiger partial charge in [0.05, 0.1) is 5.69 Å². The summed E-state index contributed by atoms with van der Waals surface area (Å²) in [5.74, 6) is 6.56. The van der Waals surface area contributed by atoms with Crippen LogP contribution in [0.3, 0.4) is 0 Å². The van der Waals surface area contributed by atoms with Crippen molar-refractivity contribution in [1.29, 1.82) is 0 Å². The van der Waals surface area contributed by atoms with Gasteiger partial charge in [-0.1, -0.05) is 30.3 Å². The topological polar surface area (TPSA) is 76.7 Å². The van der Waals surface area contributed by atoms with Gasteiger partial charge in [-0.25, -0.2) is 15.8 Å². The number of nitrogens with one attached hydrogen (secondary N) is 1. The summed E-state index contributed by atoms with van der Waals surface area (Å²) in [6.07, 6.45) is 1.70. The summed E-state index contributed by atoms with van der Waals surface area (Å²) in [5.41, 5.74) is 5.02. The van der Waals surface area contributed by atoms with Crippen molar-refractivity contribution in [3.63, 3.8) is 0 Å². The SMILES string of the molecule is NNc1cc(-c2ccccc2)nc(-c2ncccc2Br)n1. The highest BCUT2D eigenvalue weighted by Gasteiger charge is 2.11. The largest absolute Gasteiger partial charge is 0.308 e. The molecule has 0 aliphatic heterocycles. The van der Waals surface area contributed by atoms with Crippen LogP contribution in [0.25, 0.3) is 22.8 Å². The zero-order valence-corrected chi connectivity index (χ0v) is 12.6. The van der Waals surface area contributed by atoms with E-state index in [4.69, 9.17) is 5.84 Å². The highest BCUT2D eigenvalue weighted by Crippen LogP contribution is 2.27. The second kappa shape index (κ2) is 5.99. The smallest absolute Gasteiger partial charge is 0.181 e. The number of anilines is 1. The number of nitrogens with zero attached hydrogens (tertiary/aromatic N) is 3. The van der Waals surface area contributed by atoms with E-state index in [1.54, 1.807) is 12.3 Å². The van der Waals surface area contributed by atoms with E-state index in [-0.39, 0.29) is 0 Å². The minimum Gasteiger partial charge on any atom is -0.308 e. The van der Waals surface area contributed by atoms with Crippen LogP contribution < -0.4 is 11.3 Å². The van der Waals surface area contributed by atoms with Crippen molar-refractivity contribution in [2.45, 2.75) is 0 Å². The van der Waals surface area contributed by atoms with Crippen molar-refractivity contribution in [1.82, 2.24) is 15.0 Å². The number of hydrogen-bond donors (Lipinski definition) is 2. The number of nitrogens with two attached hydrogens (primary N) is 1. The van der Waals surface area contributed by atoms with E-state index in [1.807, 2.05) is 42.5 Å². The third-order valence-corrected chi connectivity index (χ3v) is 3.55. The molecule has 0 saturated heterocycles. The lowest BCUT2D eigenvalue weighted by atomic mass is 10.1. The number of hydrazine groups is 1. The zero-order valence-electron chi connectivity index (χ0n) is 11.0. The van der Waals surface area contributed by atoms with Gasteiger partial charge in [0.15, 0.2) is 5.82 Å². The third-order valence-electron chi connectivity index (χ3n) is 2.91. The Morgan fingerprint density at radius 2 is 1.81 bits per heavy atom. The quantitative estimate of drug-likeness (QED) is 0.564. The number of nitrogen functional groups attached to an aromatic ring is 1. The average molecular weight is 342 g/mol. The Hall–Kier alpha value is -2.31. The summed E-state index contributed by atoms with van der Waals surface area (Å²) in [6, 6.07) is 15.4. The Bertz CT molecular complexity index is 761. The van der Waals surface area contributed by atoms with Gasteiger partial charge in [-0.2, -0.15) is 0 Å². The molecule has 6 heteroatoms. The molecule has 21 heavy (non-hydrogen) atoms. The predicted octanol–water partition coefficient (Wildman–Crippen LogP) is 3.25. The van der Waals surface area contributed by atoms with Crippen molar-refractivity contribution < 1.29 is 0 Å². The van der Waals surface area contributed by atoms with Crippen LogP contribution >= 0.6 is 15.9 Å². The van der Waals surface area contributed by atoms with Crippen LogP contribution in [0.5, 0.6) is 0 Å². The zero-order chi connectivity index (χ0) is 14.7. The predicted molar refractivity (Wildman–Crippen MR) is 86.2 cm³/mol. The summed E-state index contributed by atoms with van der Waals surface area (Å²) in [6.45, 7) is 0. The molecule has 0 bridgehead atoms. The normalized spacial score (nSPS) is 10.4. The van der Waals surface area contributed by atoms with Crippen molar-refractivity contribution in [3.8, 4) is 22.8 Å². The average Bonchev–Trinajstić information content (AvgIpc) is 2.55. The molecule has 3 rings (SSSR count). The van der Waals surface area contributed by atoms with Crippen LogP contribution in [-0.2, 0) is 0 Å². The number of hydrogen-bond acceptors (Lipinski definition) is 5. The van der Waals surface area contributed by atoms with Gasteiger partial charge in [-0.05, 0) is 28.1 Å². The molecule has 0 aliphatic carbocycles. The summed E-state index contributed by atoms with van der Waals surface area (Å²) >= 11 is 3.47. The first kappa shape index (κ1) is 13.7. The first-order valence-electron chi connectivity index (χ1n) is 6.30. The molecule has 3 aromatic rings. The van der Waals surface area contributed by atoms with Crippen LogP contribution in [-0.4, -0.2) is 15.0 Å². The van der Waals surface area contributed by atoms with Gasteiger partial charge in [-0.15, -0.1) is 0 Å². The highest BCUT2D eigenvalue weighted by molar-refractivity contribution is 9.10. The molecule has 0 saturated carbocycles. The molecule has 3 N–H and O–H groups in total. The van der Waals surface area contributed by atoms with E-state index in [0.717, 1.165) is 15.7 Å². The summed E-state index contributed by atoms with van der Waals surface area (Å²) < 4.78 is 0.832. The van der Waals surface area contributed by atoms with Gasteiger partial charge in [0.2, 0.25) is 0 Å². The van der Waals surface area contributed by atoms with Crippen LogP contribution in [0.4, 0.5) is 5.82 Å². The lowest BCUT2D eigenvalue weighted by Crippen LogP contribution is -2.10. The fourth-order valence-electron chi connectivity index (χ4n) is 1.93. The van der Waals surface area contributed by atoms with Crippen LogP contribution in [0, 0.1) is 0 Å². The molecule has 0 radical (unpaired) electrons. The van der Waals surface area contributed by atoms with E-state index >= 15 is 0 Å². The third kappa shape index (κ3) is 2.91. The maximum absolute atomic E-state index is 5.51. The fourth-order valence-corrected chi connectivity index (χ4v) is 2.37. The number of rotatable bonds is 3. The molecule has 0 unspecified atom stereocenters. The van der Waals surface area contributed by atoms with Crippen molar-refractivity contribution in [2.24, 2.45) is 5.84 Å². The molecule has 0 spiro atoms. The molecular weight excluding hydrogens is 330 g/mol. The van der Waals surface area contributed by atoms with Gasteiger partial charge in [0, 0.05) is 22.3 Å². The van der Waals surface area contributed by atoms with E-state index < -0.39 is 0 Å². The maximum Gasteiger partial charge on any atom is 0.181 e. The van der Waals surface area contributed by atoms with Crippen LogP contribution in [0.2, 0.25) is 0 Å². The van der Waals surface area contributed by atoms with Gasteiger partial charge in [0.1, 0.15) is 11.5 Å². The van der Waals surface area contributed by atoms with E-state index in [2.05, 4.69) is 36.3 Å². The Balaban J connectivity index is 2.17. The lowest BCUT2D eigenvalue weighted by Gasteiger charge is -2.08. The molecule has 0 aliphatic rings. The Labute approximate surface area is 130 Å². The van der Waals surface area contributed by atoms with Crippen LogP contribution in [0.15, 0.2) is 59.2 Å². The summed E-state index contributed by atoms with van der Waals surface area (Å²) in [4.78, 5) is 13.3. The number of pyridine rings is 1. The molecule has 2 aromatic heterocycles. The number of halogens is 1. The standard InChI is InChI=1S/C15H12BrN5/c16-11-7-4-8-18-14(11)15-19-12(9-13(20-15)21-17)10-5-2-1-3-6-10/h1-9H,17H2,(H,19,20,21). The maximum atomic E-state index is 5.51. The van der Waals surface area contributed by atoms with Gasteiger partial charge >= 0.3 is 0 Å². The van der Waals surface area contributed by atoms with E-state index in [9.17, 15) is 0 Å². The lowest BCUT2D eigenvalue weighted by molar-refractivity contribution is 1.12. The minimum atomic E-state index is 0.511. The fraction of sp³-hybridized carbons (Fsp3) is 0. The number of aromatic nitrogens is 3. The molecule has 1 aromatic carbocycles. The van der Waals surface area contributed by atoms with Gasteiger partial charge < -0.3 is 5.43 Å². The highest BCUT2D eigenvalue weighted by atomic mass is 79.9. The van der Waals surface area contributed by atoms with Gasteiger partial charge in [0.25, 0.3) is 0 Å². The van der Waals surface area contributed by atoms with Gasteiger partial charge in [-0.3, -0.25) is 4.98 Å². The summed E-state index contributed by atoms with van der Waals surface area (Å²) in [5, 5.41) is 0. The molecular formula is C15H12BrN5. The van der Waals surface area contributed by atoms with Crippen LogP contribution in [0.1, 0.15) is 0 Å². The molecule has 0 fully saturated rings. The van der Waals surface area contributed by atoms with Crippen molar-refractivity contribution in [2.75, 3.05) is 5.43 Å². The second-order valence-corrected chi connectivity index (χ2v) is 5.16. The Kier molecular flexibility index (Phi) is 3.89. The first-order valence-corrected chi connectivity index (χ1v) is 7.09.